The first-order valence-corrected chi connectivity index (χ1v) is 8.37. The van der Waals surface area contributed by atoms with E-state index >= 15 is 0 Å². The zero-order chi connectivity index (χ0) is 15.6. The molecule has 0 fully saturated rings. The summed E-state index contributed by atoms with van der Waals surface area (Å²) in [5.41, 5.74) is 1.49. The third kappa shape index (κ3) is 3.15. The number of para-hydroxylation sites is 1. The smallest absolute Gasteiger partial charge is 0.320 e. The first-order valence-electron chi connectivity index (χ1n) is 6.48. The Morgan fingerprint density at radius 2 is 1.64 bits per heavy atom. The zero-order valence-electron chi connectivity index (χ0n) is 11.7. The Kier molecular flexibility index (Phi) is 3.64. The van der Waals surface area contributed by atoms with E-state index in [0.717, 1.165) is 11.9 Å². The van der Waals surface area contributed by atoms with Crippen LogP contribution in [0, 0.1) is 0 Å². The largest absolute Gasteiger partial charge is 0.403 e. The lowest BCUT2D eigenvalue weighted by atomic mass is 10.2. The molecule has 0 atom stereocenters. The lowest BCUT2D eigenvalue weighted by Crippen LogP contribution is -1.96. The van der Waals surface area contributed by atoms with Crippen molar-refractivity contribution in [2.75, 3.05) is 11.6 Å². The van der Waals surface area contributed by atoms with Crippen molar-refractivity contribution in [1.29, 1.82) is 0 Å². The third-order valence-corrected chi connectivity index (χ3v) is 4.11. The molecule has 6 nitrogen and oxygen atoms in total. The number of nitrogens with zero attached hydrogens (tertiary/aromatic N) is 2. The summed E-state index contributed by atoms with van der Waals surface area (Å²) in [6.07, 6.45) is 1.16. The molecule has 0 radical (unpaired) electrons. The van der Waals surface area contributed by atoms with Gasteiger partial charge in [-0.2, -0.15) is 0 Å². The minimum Gasteiger partial charge on any atom is -0.403 e. The number of sulfone groups is 1. The highest BCUT2D eigenvalue weighted by Crippen LogP contribution is 2.23. The molecule has 0 aliphatic heterocycles. The van der Waals surface area contributed by atoms with Crippen LogP contribution in [0.1, 0.15) is 0 Å². The van der Waals surface area contributed by atoms with Crippen molar-refractivity contribution < 1.29 is 12.8 Å². The normalized spacial score (nSPS) is 11.3. The van der Waals surface area contributed by atoms with Crippen molar-refractivity contribution in [3.8, 4) is 11.5 Å². The molecule has 0 saturated heterocycles. The average molecular weight is 315 g/mol. The summed E-state index contributed by atoms with van der Waals surface area (Å²) in [5, 5.41) is 10.9. The van der Waals surface area contributed by atoms with E-state index in [1.807, 2.05) is 30.3 Å². The highest BCUT2D eigenvalue weighted by atomic mass is 32.2. The summed E-state index contributed by atoms with van der Waals surface area (Å²) >= 11 is 0. The Labute approximate surface area is 127 Å². The summed E-state index contributed by atoms with van der Waals surface area (Å²) in [7, 11) is -3.22. The topological polar surface area (TPSA) is 85.1 Å². The monoisotopic (exact) mass is 315 g/mol. The molecule has 22 heavy (non-hydrogen) atoms. The molecule has 1 aromatic heterocycles. The lowest BCUT2D eigenvalue weighted by Gasteiger charge is -2.00. The molecule has 0 aliphatic carbocycles. The lowest BCUT2D eigenvalue weighted by molar-refractivity contribution is 0.587. The maximum atomic E-state index is 11.4. The maximum Gasteiger partial charge on any atom is 0.320 e. The van der Waals surface area contributed by atoms with Gasteiger partial charge in [-0.25, -0.2) is 8.42 Å². The number of hydrogen-bond acceptors (Lipinski definition) is 6. The van der Waals surface area contributed by atoms with E-state index in [0.29, 0.717) is 11.5 Å². The molecule has 1 N–H and O–H groups in total. The van der Waals surface area contributed by atoms with E-state index in [-0.39, 0.29) is 10.9 Å². The van der Waals surface area contributed by atoms with Gasteiger partial charge in [-0.05, 0) is 36.4 Å². The fraction of sp³-hybridized carbons (Fsp3) is 0.0667. The summed E-state index contributed by atoms with van der Waals surface area (Å²) in [4.78, 5) is 0.249. The van der Waals surface area contributed by atoms with Crippen LogP contribution in [-0.2, 0) is 9.84 Å². The van der Waals surface area contributed by atoms with Crippen LogP contribution in [0.4, 0.5) is 11.7 Å². The second kappa shape index (κ2) is 5.61. The molecular weight excluding hydrogens is 302 g/mol. The van der Waals surface area contributed by atoms with Gasteiger partial charge in [0.25, 0.3) is 0 Å². The Morgan fingerprint density at radius 1 is 0.955 bits per heavy atom. The third-order valence-electron chi connectivity index (χ3n) is 2.98. The fourth-order valence-corrected chi connectivity index (χ4v) is 2.51. The minimum absolute atomic E-state index is 0.249. The second-order valence-corrected chi connectivity index (χ2v) is 6.72. The van der Waals surface area contributed by atoms with Gasteiger partial charge in [-0.15, -0.1) is 5.10 Å². The summed E-state index contributed by atoms with van der Waals surface area (Å²) in [6.45, 7) is 0. The van der Waals surface area contributed by atoms with Gasteiger partial charge in [-0.3, -0.25) is 0 Å². The van der Waals surface area contributed by atoms with Gasteiger partial charge in [0.2, 0.25) is 5.89 Å². The molecular formula is C15H13N3O3S. The fourth-order valence-electron chi connectivity index (χ4n) is 1.88. The van der Waals surface area contributed by atoms with Crippen LogP contribution in [0.5, 0.6) is 0 Å². The van der Waals surface area contributed by atoms with Crippen molar-refractivity contribution in [1.82, 2.24) is 10.2 Å². The summed E-state index contributed by atoms with van der Waals surface area (Å²) in [6, 6.07) is 16.0. The SMILES string of the molecule is CS(=O)(=O)c1ccc(-c2nnc(Nc3ccccc3)o2)cc1. The van der Waals surface area contributed by atoms with Crippen molar-refractivity contribution >= 4 is 21.5 Å². The van der Waals surface area contributed by atoms with E-state index in [9.17, 15) is 8.42 Å². The van der Waals surface area contributed by atoms with Crippen LogP contribution in [-0.4, -0.2) is 24.9 Å². The van der Waals surface area contributed by atoms with E-state index < -0.39 is 9.84 Å². The minimum atomic E-state index is -3.22. The quantitative estimate of drug-likeness (QED) is 0.797. The van der Waals surface area contributed by atoms with E-state index in [4.69, 9.17) is 4.42 Å². The molecule has 0 saturated carbocycles. The molecule has 2 aromatic carbocycles. The summed E-state index contributed by atoms with van der Waals surface area (Å²) in [5.74, 6) is 0.318. The molecule has 0 aliphatic rings. The van der Waals surface area contributed by atoms with Gasteiger partial charge in [0, 0.05) is 17.5 Å². The molecule has 0 amide bonds. The Hall–Kier alpha value is -2.67. The van der Waals surface area contributed by atoms with Gasteiger partial charge < -0.3 is 9.73 Å². The molecule has 3 rings (SSSR count). The van der Waals surface area contributed by atoms with Gasteiger partial charge in [0.05, 0.1) is 4.90 Å². The molecule has 3 aromatic rings. The maximum absolute atomic E-state index is 11.4. The Balaban J connectivity index is 1.82. The number of rotatable bonds is 4. The van der Waals surface area contributed by atoms with Gasteiger partial charge in [0.15, 0.2) is 9.84 Å². The number of anilines is 2. The van der Waals surface area contributed by atoms with Crippen LogP contribution in [0.3, 0.4) is 0 Å². The summed E-state index contributed by atoms with van der Waals surface area (Å²) < 4.78 is 28.4. The zero-order valence-corrected chi connectivity index (χ0v) is 12.5. The van der Waals surface area contributed by atoms with E-state index in [1.165, 1.54) is 12.1 Å². The van der Waals surface area contributed by atoms with Crippen molar-refractivity contribution in [2.24, 2.45) is 0 Å². The number of nitrogens with one attached hydrogen (secondary N) is 1. The molecule has 7 heteroatoms. The first kappa shape index (κ1) is 14.3. The molecule has 0 spiro atoms. The van der Waals surface area contributed by atoms with E-state index in [2.05, 4.69) is 15.5 Å². The van der Waals surface area contributed by atoms with Gasteiger partial charge in [0.1, 0.15) is 0 Å². The highest BCUT2D eigenvalue weighted by molar-refractivity contribution is 7.90. The van der Waals surface area contributed by atoms with Crippen molar-refractivity contribution in [3.63, 3.8) is 0 Å². The van der Waals surface area contributed by atoms with E-state index in [1.54, 1.807) is 12.1 Å². The van der Waals surface area contributed by atoms with Crippen LogP contribution in [0.15, 0.2) is 63.9 Å². The Bertz CT molecular complexity index is 872. The number of hydrogen-bond donors (Lipinski definition) is 1. The predicted molar refractivity (Wildman–Crippen MR) is 82.6 cm³/mol. The van der Waals surface area contributed by atoms with Crippen LogP contribution in [0.2, 0.25) is 0 Å². The van der Waals surface area contributed by atoms with Gasteiger partial charge >= 0.3 is 6.01 Å². The van der Waals surface area contributed by atoms with Crippen LogP contribution >= 0.6 is 0 Å². The van der Waals surface area contributed by atoms with Gasteiger partial charge in [-0.1, -0.05) is 23.3 Å². The average Bonchev–Trinajstić information content (AvgIpc) is 2.96. The van der Waals surface area contributed by atoms with Crippen LogP contribution < -0.4 is 5.32 Å². The predicted octanol–water partition coefficient (Wildman–Crippen LogP) is 2.88. The molecule has 112 valence electrons. The van der Waals surface area contributed by atoms with Crippen molar-refractivity contribution in [3.05, 3.63) is 54.6 Å². The number of aromatic nitrogens is 2. The second-order valence-electron chi connectivity index (χ2n) is 4.70. The molecule has 0 bridgehead atoms. The highest BCUT2D eigenvalue weighted by Gasteiger charge is 2.11. The van der Waals surface area contributed by atoms with Crippen LogP contribution in [0.25, 0.3) is 11.5 Å². The standard InChI is InChI=1S/C15H13N3O3S/c1-22(19,20)13-9-7-11(8-10-13)14-17-18-15(21-14)16-12-5-3-2-4-6-12/h2-10H,1H3,(H,16,18). The number of benzene rings is 2. The Morgan fingerprint density at radius 3 is 2.27 bits per heavy atom. The molecule has 1 heterocycles. The van der Waals surface area contributed by atoms with Crippen molar-refractivity contribution in [2.45, 2.75) is 4.90 Å². The first-order chi connectivity index (χ1) is 10.5. The molecule has 0 unspecified atom stereocenters.